The normalized spacial score (nSPS) is 14.1. The second kappa shape index (κ2) is 10.8. The van der Waals surface area contributed by atoms with Gasteiger partial charge < -0.3 is 25.6 Å². The van der Waals surface area contributed by atoms with Crippen LogP contribution in [0.1, 0.15) is 43.2 Å². The van der Waals surface area contributed by atoms with Gasteiger partial charge in [-0.15, -0.1) is 0 Å². The first-order valence-electron chi connectivity index (χ1n) is 10.7. The summed E-state index contributed by atoms with van der Waals surface area (Å²) in [5, 5.41) is 23.0. The van der Waals surface area contributed by atoms with E-state index in [1.54, 1.807) is 0 Å². The number of alkyl carbamates (subject to hydrolysis) is 1. The van der Waals surface area contributed by atoms with E-state index in [0.29, 0.717) is 12.8 Å². The molecule has 0 aliphatic heterocycles. The molecule has 0 spiro atoms. The second-order valence-corrected chi connectivity index (χ2v) is 7.80. The molecule has 0 aromatic heterocycles. The fraction of sp³-hybridized carbons (Fsp3) is 0.375. The predicted octanol–water partition coefficient (Wildman–Crippen LogP) is 2.65. The quantitative estimate of drug-likeness (QED) is 0.450. The lowest BCUT2D eigenvalue weighted by atomic mass is 9.98. The van der Waals surface area contributed by atoms with Gasteiger partial charge in [-0.2, -0.15) is 0 Å². The van der Waals surface area contributed by atoms with Gasteiger partial charge in [-0.1, -0.05) is 61.9 Å². The van der Waals surface area contributed by atoms with Crippen molar-refractivity contribution >= 4 is 18.0 Å². The lowest BCUT2D eigenvalue weighted by Crippen LogP contribution is -2.46. The number of aliphatic hydroxyl groups is 1. The van der Waals surface area contributed by atoms with Crippen molar-refractivity contribution in [2.75, 3.05) is 13.2 Å². The first kappa shape index (κ1) is 23.3. The second-order valence-electron chi connectivity index (χ2n) is 7.80. The molecule has 0 saturated carbocycles. The molecule has 2 amide bonds. The lowest BCUT2D eigenvalue weighted by Gasteiger charge is -2.20. The third-order valence-electron chi connectivity index (χ3n) is 5.55. The topological polar surface area (TPSA) is 125 Å². The van der Waals surface area contributed by atoms with Gasteiger partial charge in [0.25, 0.3) is 0 Å². The van der Waals surface area contributed by atoms with Crippen LogP contribution in [0.15, 0.2) is 48.5 Å². The standard InChI is InChI=1S/C24H28N2O6/c1-2-7-15(12-22(28)26-21(13-27)23(29)30)25-24(31)32-14-20-18-10-5-3-8-16(18)17-9-4-6-11-19(17)20/h3-6,8-11,15,20-21,27H,2,7,12-14H2,1H3,(H,25,31)(H,26,28)(H,29,30)/t15?,21-/m1/s1. The number of rotatable bonds is 10. The van der Waals surface area contributed by atoms with Crippen LogP contribution < -0.4 is 10.6 Å². The van der Waals surface area contributed by atoms with Gasteiger partial charge in [-0.3, -0.25) is 4.79 Å². The number of nitrogens with one attached hydrogen (secondary N) is 2. The van der Waals surface area contributed by atoms with Crippen LogP contribution in [0.25, 0.3) is 11.1 Å². The van der Waals surface area contributed by atoms with Crippen molar-refractivity contribution in [1.29, 1.82) is 0 Å². The Hall–Kier alpha value is -3.39. The van der Waals surface area contributed by atoms with E-state index in [-0.39, 0.29) is 18.9 Å². The first-order chi connectivity index (χ1) is 15.4. The zero-order valence-corrected chi connectivity index (χ0v) is 17.9. The van der Waals surface area contributed by atoms with Crippen LogP contribution in [0.4, 0.5) is 4.79 Å². The van der Waals surface area contributed by atoms with E-state index in [0.717, 1.165) is 22.3 Å². The Balaban J connectivity index is 1.59. The zero-order valence-electron chi connectivity index (χ0n) is 17.9. The molecule has 1 aliphatic carbocycles. The minimum Gasteiger partial charge on any atom is -0.480 e. The number of carboxylic acid groups (broad SMARTS) is 1. The van der Waals surface area contributed by atoms with Crippen molar-refractivity contribution in [2.45, 2.75) is 44.2 Å². The third kappa shape index (κ3) is 5.45. The molecule has 2 atom stereocenters. The number of carbonyl (C=O) groups excluding carboxylic acids is 2. The average Bonchev–Trinajstić information content (AvgIpc) is 3.10. The van der Waals surface area contributed by atoms with Crippen LogP contribution in [0.3, 0.4) is 0 Å². The summed E-state index contributed by atoms with van der Waals surface area (Å²) in [6, 6.07) is 14.2. The molecular formula is C24H28N2O6. The van der Waals surface area contributed by atoms with Gasteiger partial charge in [-0.05, 0) is 28.7 Å². The Morgan fingerprint density at radius 2 is 1.59 bits per heavy atom. The number of hydrogen-bond acceptors (Lipinski definition) is 5. The number of fused-ring (bicyclic) bond motifs is 3. The summed E-state index contributed by atoms with van der Waals surface area (Å²) in [7, 11) is 0. The smallest absolute Gasteiger partial charge is 0.407 e. The lowest BCUT2D eigenvalue weighted by molar-refractivity contribution is -0.143. The van der Waals surface area contributed by atoms with Crippen molar-refractivity contribution in [1.82, 2.24) is 10.6 Å². The molecule has 1 unspecified atom stereocenters. The minimum atomic E-state index is -1.38. The monoisotopic (exact) mass is 440 g/mol. The molecule has 8 nitrogen and oxygen atoms in total. The van der Waals surface area contributed by atoms with Gasteiger partial charge in [0.15, 0.2) is 0 Å². The number of aliphatic carboxylic acids is 1. The van der Waals surface area contributed by atoms with Crippen LogP contribution in [-0.4, -0.2) is 53.5 Å². The Kier molecular flexibility index (Phi) is 7.83. The third-order valence-corrected chi connectivity index (χ3v) is 5.55. The number of carboxylic acids is 1. The number of carbonyl (C=O) groups is 3. The molecule has 0 fully saturated rings. The van der Waals surface area contributed by atoms with Crippen molar-refractivity contribution in [3.63, 3.8) is 0 Å². The predicted molar refractivity (Wildman–Crippen MR) is 118 cm³/mol. The number of hydrogen-bond donors (Lipinski definition) is 4. The maximum Gasteiger partial charge on any atom is 0.407 e. The molecule has 3 rings (SSSR count). The fourth-order valence-corrected chi connectivity index (χ4v) is 4.04. The molecule has 2 aromatic carbocycles. The van der Waals surface area contributed by atoms with Crippen molar-refractivity contribution < 1.29 is 29.3 Å². The largest absolute Gasteiger partial charge is 0.480 e. The molecule has 0 radical (unpaired) electrons. The highest BCUT2D eigenvalue weighted by atomic mass is 16.5. The van der Waals surface area contributed by atoms with Crippen LogP contribution >= 0.6 is 0 Å². The van der Waals surface area contributed by atoms with Gasteiger partial charge in [0.05, 0.1) is 6.61 Å². The number of amides is 2. The molecular weight excluding hydrogens is 412 g/mol. The highest BCUT2D eigenvalue weighted by Gasteiger charge is 2.29. The maximum atomic E-state index is 12.5. The molecule has 0 bridgehead atoms. The summed E-state index contributed by atoms with van der Waals surface area (Å²) < 4.78 is 5.52. The van der Waals surface area contributed by atoms with Gasteiger partial charge in [0.1, 0.15) is 12.6 Å². The zero-order chi connectivity index (χ0) is 23.1. The van der Waals surface area contributed by atoms with E-state index in [9.17, 15) is 14.4 Å². The summed E-state index contributed by atoms with van der Waals surface area (Å²) in [6.45, 7) is 1.37. The highest BCUT2D eigenvalue weighted by molar-refractivity contribution is 5.84. The number of benzene rings is 2. The average molecular weight is 440 g/mol. The van der Waals surface area contributed by atoms with Gasteiger partial charge in [0.2, 0.25) is 5.91 Å². The maximum absolute atomic E-state index is 12.5. The van der Waals surface area contributed by atoms with Gasteiger partial charge >= 0.3 is 12.1 Å². The first-order valence-corrected chi connectivity index (χ1v) is 10.7. The summed E-state index contributed by atoms with van der Waals surface area (Å²) in [6.07, 6.45) is 0.496. The van der Waals surface area contributed by atoms with E-state index in [4.69, 9.17) is 14.9 Å². The van der Waals surface area contributed by atoms with Crippen LogP contribution in [0.5, 0.6) is 0 Å². The van der Waals surface area contributed by atoms with Crippen molar-refractivity contribution in [2.24, 2.45) is 0 Å². The summed E-state index contributed by atoms with van der Waals surface area (Å²) >= 11 is 0. The minimum absolute atomic E-state index is 0.0676. The molecule has 170 valence electrons. The molecule has 2 aromatic rings. The Labute approximate surface area is 186 Å². The summed E-state index contributed by atoms with van der Waals surface area (Å²) in [5.74, 6) is -1.96. The van der Waals surface area contributed by atoms with Crippen LogP contribution in [0, 0.1) is 0 Å². The Morgan fingerprint density at radius 1 is 1.00 bits per heavy atom. The van der Waals surface area contributed by atoms with Gasteiger partial charge in [-0.25, -0.2) is 9.59 Å². The van der Waals surface area contributed by atoms with Crippen LogP contribution in [0.2, 0.25) is 0 Å². The van der Waals surface area contributed by atoms with Gasteiger partial charge in [0, 0.05) is 18.4 Å². The molecule has 0 heterocycles. The van der Waals surface area contributed by atoms with Crippen molar-refractivity contribution in [3.05, 3.63) is 59.7 Å². The van der Waals surface area contributed by atoms with E-state index < -0.39 is 36.7 Å². The fourth-order valence-electron chi connectivity index (χ4n) is 4.04. The van der Waals surface area contributed by atoms with E-state index >= 15 is 0 Å². The highest BCUT2D eigenvalue weighted by Crippen LogP contribution is 2.44. The molecule has 1 aliphatic rings. The van der Waals surface area contributed by atoms with Crippen molar-refractivity contribution in [3.8, 4) is 11.1 Å². The molecule has 0 saturated heterocycles. The van der Waals surface area contributed by atoms with E-state index in [2.05, 4.69) is 22.8 Å². The van der Waals surface area contributed by atoms with E-state index in [1.807, 2.05) is 43.3 Å². The molecule has 8 heteroatoms. The van der Waals surface area contributed by atoms with E-state index in [1.165, 1.54) is 0 Å². The summed E-state index contributed by atoms with van der Waals surface area (Å²) in [5.41, 5.74) is 4.48. The molecule has 4 N–H and O–H groups in total. The SMILES string of the molecule is CCCC(CC(=O)N[C@H](CO)C(=O)O)NC(=O)OCC1c2ccccc2-c2ccccc21. The number of aliphatic hydroxyl groups excluding tert-OH is 1. The van der Waals surface area contributed by atoms with Crippen LogP contribution in [-0.2, 0) is 14.3 Å². The molecule has 32 heavy (non-hydrogen) atoms. The number of ether oxygens (including phenoxy) is 1. The Bertz CT molecular complexity index is 931. The summed E-state index contributed by atoms with van der Waals surface area (Å²) in [4.78, 5) is 35.6. The Morgan fingerprint density at radius 3 is 2.12 bits per heavy atom.